The number of ether oxygens (including phenoxy) is 2. The van der Waals surface area contributed by atoms with Crippen LogP contribution < -0.4 is 15.1 Å². The lowest BCUT2D eigenvalue weighted by Crippen LogP contribution is -2.40. The lowest BCUT2D eigenvalue weighted by atomic mass is 10.0. The molecule has 1 atom stereocenters. The minimum atomic E-state index is -0.829. The lowest BCUT2D eigenvalue weighted by molar-refractivity contribution is -0.116. The Morgan fingerprint density at radius 2 is 1.94 bits per heavy atom. The largest absolute Gasteiger partial charge is 0.465 e. The summed E-state index contributed by atoms with van der Waals surface area (Å²) in [7, 11) is 1.16. The minimum absolute atomic E-state index is 0.000502. The van der Waals surface area contributed by atoms with Crippen LogP contribution in [0.15, 0.2) is 6.07 Å². The highest BCUT2D eigenvalue weighted by atomic mass is 19.1. The average molecular weight is 461 g/mol. The second kappa shape index (κ2) is 9.25. The van der Waals surface area contributed by atoms with E-state index < -0.39 is 23.5 Å². The summed E-state index contributed by atoms with van der Waals surface area (Å²) in [5.41, 5.74) is -0.852. The molecule has 0 aromatic heterocycles. The maximum absolute atomic E-state index is 15.3. The number of carbonyl (C=O) groups excluding carboxylic acids is 3. The van der Waals surface area contributed by atoms with Gasteiger partial charge in [0.25, 0.3) is 0 Å². The second-order valence-electron chi connectivity index (χ2n) is 9.28. The number of nitrogens with one attached hydrogen (secondary N) is 1. The van der Waals surface area contributed by atoms with Crippen molar-refractivity contribution in [2.24, 2.45) is 0 Å². The van der Waals surface area contributed by atoms with Crippen LogP contribution >= 0.6 is 0 Å². The first-order chi connectivity index (χ1) is 15.5. The minimum Gasteiger partial charge on any atom is -0.465 e. The summed E-state index contributed by atoms with van der Waals surface area (Å²) in [4.78, 5) is 40.1. The van der Waals surface area contributed by atoms with Crippen molar-refractivity contribution >= 4 is 29.3 Å². The number of amides is 2. The fraction of sp³-hybridized carbons (Fsp3) is 0.565. The Kier molecular flexibility index (Phi) is 6.81. The molecule has 9 nitrogen and oxygen atoms in total. The van der Waals surface area contributed by atoms with Crippen LogP contribution in [0.3, 0.4) is 0 Å². The van der Waals surface area contributed by atoms with Gasteiger partial charge in [0.2, 0.25) is 5.91 Å². The van der Waals surface area contributed by atoms with Gasteiger partial charge in [-0.15, -0.1) is 0 Å². The van der Waals surface area contributed by atoms with E-state index in [2.05, 4.69) is 5.32 Å². The van der Waals surface area contributed by atoms with Crippen LogP contribution in [-0.4, -0.2) is 55.9 Å². The molecule has 33 heavy (non-hydrogen) atoms. The molecule has 2 aliphatic rings. The Morgan fingerprint density at radius 3 is 2.45 bits per heavy atom. The number of esters is 1. The molecule has 1 aromatic carbocycles. The molecule has 1 aliphatic carbocycles. The van der Waals surface area contributed by atoms with Crippen LogP contribution in [0, 0.1) is 17.1 Å². The van der Waals surface area contributed by atoms with E-state index in [0.717, 1.165) is 26.0 Å². The lowest BCUT2D eigenvalue weighted by Gasteiger charge is -2.28. The highest BCUT2D eigenvalue weighted by molar-refractivity contribution is 6.05. The highest BCUT2D eigenvalue weighted by Crippen LogP contribution is 2.42. The van der Waals surface area contributed by atoms with E-state index in [1.54, 1.807) is 25.7 Å². The topological polar surface area (TPSA) is 112 Å². The molecular formula is C23H29FN4O5. The van der Waals surface area contributed by atoms with Gasteiger partial charge in [-0.2, -0.15) is 5.26 Å². The number of rotatable bonds is 5. The summed E-state index contributed by atoms with van der Waals surface area (Å²) in [6, 6.07) is 2.55. The van der Waals surface area contributed by atoms with Gasteiger partial charge in [0.1, 0.15) is 23.1 Å². The van der Waals surface area contributed by atoms with Gasteiger partial charge in [0.05, 0.1) is 30.1 Å². The number of benzene rings is 1. The van der Waals surface area contributed by atoms with Gasteiger partial charge < -0.3 is 24.6 Å². The maximum atomic E-state index is 15.3. The van der Waals surface area contributed by atoms with Gasteiger partial charge >= 0.3 is 12.1 Å². The molecule has 1 saturated carbocycles. The van der Waals surface area contributed by atoms with Gasteiger partial charge in [-0.3, -0.25) is 4.79 Å². The summed E-state index contributed by atoms with van der Waals surface area (Å²) < 4.78 is 25.4. The van der Waals surface area contributed by atoms with E-state index in [0.29, 0.717) is 13.0 Å². The second-order valence-corrected chi connectivity index (χ2v) is 9.28. The third kappa shape index (κ3) is 5.35. The van der Waals surface area contributed by atoms with Gasteiger partial charge in [0, 0.05) is 26.1 Å². The molecule has 178 valence electrons. The summed E-state index contributed by atoms with van der Waals surface area (Å²) in [5.74, 6) is -1.94. The van der Waals surface area contributed by atoms with E-state index >= 15 is 4.39 Å². The van der Waals surface area contributed by atoms with Crippen LogP contribution in [0.1, 0.15) is 62.9 Å². The first-order valence-electron chi connectivity index (χ1n) is 10.9. The maximum Gasteiger partial charge on any atom is 0.407 e. The number of hydrogen-bond donors (Lipinski definition) is 1. The third-order valence-electron chi connectivity index (χ3n) is 5.46. The van der Waals surface area contributed by atoms with Crippen molar-refractivity contribution in [3.63, 3.8) is 0 Å². The van der Waals surface area contributed by atoms with Crippen molar-refractivity contribution in [2.45, 2.75) is 64.6 Å². The standard InChI is InChI=1S/C23H29FN4O5/c1-13(29)28(15-6-7-15)19-16(21(30)32-5)10-18(24)20(17(19)11-25)27-9-8-14(12-27)26-22(31)33-23(2,3)4/h10,14-15H,6-9,12H2,1-5H3,(H,26,31)/t14-/m0/s1. The molecule has 1 aliphatic heterocycles. The normalized spacial score (nSPS) is 17.8. The molecule has 2 amide bonds. The van der Waals surface area contributed by atoms with Crippen LogP contribution in [-0.2, 0) is 14.3 Å². The molecule has 0 unspecified atom stereocenters. The third-order valence-corrected chi connectivity index (χ3v) is 5.46. The number of hydrogen-bond acceptors (Lipinski definition) is 7. The Balaban J connectivity index is 1.99. The van der Waals surface area contributed by atoms with Crippen molar-refractivity contribution in [1.82, 2.24) is 5.32 Å². The predicted octanol–water partition coefficient (Wildman–Crippen LogP) is 3.10. The van der Waals surface area contributed by atoms with Crippen LogP contribution in [0.25, 0.3) is 0 Å². The Labute approximate surface area is 192 Å². The zero-order valence-corrected chi connectivity index (χ0v) is 19.5. The van der Waals surface area contributed by atoms with Gasteiger partial charge in [-0.25, -0.2) is 14.0 Å². The van der Waals surface area contributed by atoms with E-state index in [1.165, 1.54) is 11.8 Å². The molecule has 10 heteroatoms. The molecule has 1 saturated heterocycles. The van der Waals surface area contributed by atoms with Crippen LogP contribution in [0.4, 0.5) is 20.6 Å². The quantitative estimate of drug-likeness (QED) is 0.672. The Hall–Kier alpha value is -3.35. The smallest absolute Gasteiger partial charge is 0.407 e. The van der Waals surface area contributed by atoms with E-state index in [4.69, 9.17) is 9.47 Å². The summed E-state index contributed by atoms with van der Waals surface area (Å²) >= 11 is 0. The summed E-state index contributed by atoms with van der Waals surface area (Å²) in [6.07, 6.45) is 1.39. The number of carbonyl (C=O) groups is 3. The fourth-order valence-corrected chi connectivity index (χ4v) is 4.05. The number of nitriles is 1. The number of nitrogens with zero attached hydrogens (tertiary/aromatic N) is 3. The van der Waals surface area contributed by atoms with Crippen molar-refractivity contribution < 1.29 is 28.2 Å². The first kappa shape index (κ1) is 24.3. The highest BCUT2D eigenvalue weighted by Gasteiger charge is 2.39. The van der Waals surface area contributed by atoms with E-state index in [-0.39, 0.29) is 47.0 Å². The molecule has 1 aromatic rings. The molecule has 0 radical (unpaired) electrons. The van der Waals surface area contributed by atoms with Crippen molar-refractivity contribution in [1.29, 1.82) is 5.26 Å². The SMILES string of the molecule is COC(=O)c1cc(F)c(N2CC[C@H](NC(=O)OC(C)(C)C)C2)c(C#N)c1N(C(C)=O)C1CC1. The van der Waals surface area contributed by atoms with Crippen molar-refractivity contribution in [3.05, 3.63) is 23.0 Å². The zero-order valence-electron chi connectivity index (χ0n) is 19.5. The number of alkyl carbamates (subject to hydrolysis) is 1. The monoisotopic (exact) mass is 460 g/mol. The average Bonchev–Trinajstić information content (AvgIpc) is 3.44. The predicted molar refractivity (Wildman–Crippen MR) is 119 cm³/mol. The molecule has 1 heterocycles. The molecular weight excluding hydrogens is 431 g/mol. The van der Waals surface area contributed by atoms with Gasteiger partial charge in [0.15, 0.2) is 0 Å². The van der Waals surface area contributed by atoms with Crippen LogP contribution in [0.2, 0.25) is 0 Å². The molecule has 3 rings (SSSR count). The van der Waals surface area contributed by atoms with Crippen LogP contribution in [0.5, 0.6) is 0 Å². The Morgan fingerprint density at radius 1 is 1.27 bits per heavy atom. The van der Waals surface area contributed by atoms with Crippen molar-refractivity contribution in [2.75, 3.05) is 30.0 Å². The number of anilines is 2. The zero-order chi connectivity index (χ0) is 24.5. The summed E-state index contributed by atoms with van der Waals surface area (Å²) in [6.45, 7) is 7.23. The van der Waals surface area contributed by atoms with Crippen molar-refractivity contribution in [3.8, 4) is 6.07 Å². The fourth-order valence-electron chi connectivity index (χ4n) is 4.05. The number of halogens is 1. The van der Waals surface area contributed by atoms with E-state index in [9.17, 15) is 19.6 Å². The molecule has 2 fully saturated rings. The molecule has 0 bridgehead atoms. The van der Waals surface area contributed by atoms with E-state index in [1.807, 2.05) is 6.07 Å². The van der Waals surface area contributed by atoms with Gasteiger partial charge in [-0.05, 0) is 46.1 Å². The summed E-state index contributed by atoms with van der Waals surface area (Å²) in [5, 5.41) is 12.8. The van der Waals surface area contributed by atoms with Gasteiger partial charge in [-0.1, -0.05) is 0 Å². The molecule has 1 N–H and O–H groups in total. The first-order valence-corrected chi connectivity index (χ1v) is 10.9. The Bertz CT molecular complexity index is 1010. The number of methoxy groups -OCH3 is 1. The molecule has 0 spiro atoms.